The van der Waals surface area contributed by atoms with Gasteiger partial charge in [0, 0.05) is 11.7 Å². The molecule has 0 saturated heterocycles. The fourth-order valence-electron chi connectivity index (χ4n) is 1.96. The molecule has 2 unspecified atom stereocenters. The largest absolute Gasteiger partial charge is 0.383 e. The first-order valence-corrected chi connectivity index (χ1v) is 8.20. The number of hydrogen-bond donors (Lipinski definition) is 1. The average Bonchev–Trinajstić information content (AvgIpc) is 2.38. The van der Waals surface area contributed by atoms with Crippen LogP contribution in [0.3, 0.4) is 0 Å². The third kappa shape index (κ3) is 4.44. The van der Waals surface area contributed by atoms with Crippen LogP contribution in [0.1, 0.15) is 33.6 Å². The number of alkyl halides is 2. The van der Waals surface area contributed by atoms with Crippen molar-refractivity contribution in [2.75, 3.05) is 5.32 Å². The van der Waals surface area contributed by atoms with Crippen molar-refractivity contribution >= 4 is 15.5 Å². The first-order chi connectivity index (χ1) is 9.27. The topological polar surface area (TPSA) is 46.2 Å². The van der Waals surface area contributed by atoms with E-state index in [2.05, 4.69) is 19.2 Å². The lowest BCUT2D eigenvalue weighted by Gasteiger charge is -2.18. The summed E-state index contributed by atoms with van der Waals surface area (Å²) < 4.78 is 47.3. The molecule has 0 bridgehead atoms. The normalized spacial score (nSPS) is 15.1. The van der Waals surface area contributed by atoms with E-state index in [4.69, 9.17) is 0 Å². The summed E-state index contributed by atoms with van der Waals surface area (Å²) in [5.74, 6) is -2.79. The zero-order chi connectivity index (χ0) is 15.3. The fraction of sp³-hybridized carbons (Fsp3) is 0.571. The third-order valence-electron chi connectivity index (χ3n) is 3.28. The van der Waals surface area contributed by atoms with E-state index in [0.717, 1.165) is 18.5 Å². The smallest absolute Gasteiger partial charge is 0.341 e. The quantitative estimate of drug-likeness (QED) is 0.830. The summed E-state index contributed by atoms with van der Waals surface area (Å²) in [5, 5.41) is 3.23. The molecular formula is C14H21F2NO2S. The van der Waals surface area contributed by atoms with Gasteiger partial charge in [0.25, 0.3) is 0 Å². The van der Waals surface area contributed by atoms with Crippen LogP contribution in [0.15, 0.2) is 29.2 Å². The highest BCUT2D eigenvalue weighted by Crippen LogP contribution is 2.21. The Kier molecular flexibility index (Phi) is 5.92. The zero-order valence-electron chi connectivity index (χ0n) is 11.9. The van der Waals surface area contributed by atoms with Crippen molar-refractivity contribution in [3.63, 3.8) is 0 Å². The molecular weight excluding hydrogens is 284 g/mol. The molecule has 0 spiro atoms. The van der Waals surface area contributed by atoms with Crippen molar-refractivity contribution in [2.45, 2.75) is 50.3 Å². The Hall–Kier alpha value is -1.17. The molecule has 0 aliphatic carbocycles. The summed E-state index contributed by atoms with van der Waals surface area (Å²) in [6, 6.07) is 5.69. The lowest BCUT2D eigenvalue weighted by Crippen LogP contribution is -2.18. The third-order valence-corrected chi connectivity index (χ3v) is 4.68. The molecule has 1 rings (SSSR count). The van der Waals surface area contributed by atoms with Crippen LogP contribution in [-0.2, 0) is 9.84 Å². The molecule has 1 aromatic carbocycles. The maximum Gasteiger partial charge on any atom is 0.341 e. The van der Waals surface area contributed by atoms with Crippen LogP contribution in [0.2, 0.25) is 0 Å². The SMILES string of the molecule is CCC(C)CC(C)Nc1ccc(S(=O)(=O)C(F)F)cc1. The van der Waals surface area contributed by atoms with Gasteiger partial charge in [-0.1, -0.05) is 20.3 Å². The van der Waals surface area contributed by atoms with Crippen LogP contribution in [0, 0.1) is 5.92 Å². The zero-order valence-corrected chi connectivity index (χ0v) is 12.8. The average molecular weight is 305 g/mol. The van der Waals surface area contributed by atoms with E-state index in [1.165, 1.54) is 24.3 Å². The molecule has 1 N–H and O–H groups in total. The molecule has 20 heavy (non-hydrogen) atoms. The van der Waals surface area contributed by atoms with Crippen LogP contribution in [0.25, 0.3) is 0 Å². The van der Waals surface area contributed by atoms with Crippen molar-refractivity contribution in [3.8, 4) is 0 Å². The molecule has 0 radical (unpaired) electrons. The van der Waals surface area contributed by atoms with Gasteiger partial charge in [0.15, 0.2) is 0 Å². The lowest BCUT2D eigenvalue weighted by molar-refractivity contribution is 0.234. The van der Waals surface area contributed by atoms with Gasteiger partial charge in [0.05, 0.1) is 4.90 Å². The van der Waals surface area contributed by atoms with E-state index < -0.39 is 15.6 Å². The van der Waals surface area contributed by atoms with Crippen LogP contribution in [0.5, 0.6) is 0 Å². The number of anilines is 1. The Morgan fingerprint density at radius 3 is 2.15 bits per heavy atom. The highest BCUT2D eigenvalue weighted by atomic mass is 32.2. The Bertz CT molecular complexity index is 514. The van der Waals surface area contributed by atoms with Gasteiger partial charge in [-0.3, -0.25) is 0 Å². The number of hydrogen-bond acceptors (Lipinski definition) is 3. The predicted octanol–water partition coefficient (Wildman–Crippen LogP) is 3.92. The van der Waals surface area contributed by atoms with E-state index in [0.29, 0.717) is 5.92 Å². The summed E-state index contributed by atoms with van der Waals surface area (Å²) >= 11 is 0. The molecule has 6 heteroatoms. The van der Waals surface area contributed by atoms with E-state index in [1.807, 2.05) is 6.92 Å². The molecule has 0 aliphatic rings. The highest BCUT2D eigenvalue weighted by molar-refractivity contribution is 7.91. The van der Waals surface area contributed by atoms with Crippen molar-refractivity contribution in [3.05, 3.63) is 24.3 Å². The van der Waals surface area contributed by atoms with E-state index >= 15 is 0 Å². The molecule has 0 aromatic heterocycles. The summed E-state index contributed by atoms with van der Waals surface area (Å²) in [6.07, 6.45) is 2.09. The summed E-state index contributed by atoms with van der Waals surface area (Å²) in [6.45, 7) is 6.33. The van der Waals surface area contributed by atoms with E-state index in [9.17, 15) is 17.2 Å². The van der Waals surface area contributed by atoms with Gasteiger partial charge >= 0.3 is 5.76 Å². The van der Waals surface area contributed by atoms with Crippen molar-refractivity contribution in [2.24, 2.45) is 5.92 Å². The minimum absolute atomic E-state index is 0.238. The van der Waals surface area contributed by atoms with Crippen molar-refractivity contribution in [1.82, 2.24) is 0 Å². The Morgan fingerprint density at radius 2 is 1.70 bits per heavy atom. The second-order valence-corrected chi connectivity index (χ2v) is 7.04. The summed E-state index contributed by atoms with van der Waals surface area (Å²) in [5.41, 5.74) is 0.731. The second-order valence-electron chi connectivity index (χ2n) is 5.12. The van der Waals surface area contributed by atoms with Gasteiger partial charge in [0.2, 0.25) is 9.84 Å². The van der Waals surface area contributed by atoms with E-state index in [1.54, 1.807) is 0 Å². The monoisotopic (exact) mass is 305 g/mol. The predicted molar refractivity (Wildman–Crippen MR) is 76.8 cm³/mol. The Balaban J connectivity index is 2.73. The molecule has 3 nitrogen and oxygen atoms in total. The van der Waals surface area contributed by atoms with Crippen molar-refractivity contribution in [1.29, 1.82) is 0 Å². The maximum atomic E-state index is 12.4. The van der Waals surface area contributed by atoms with Gasteiger partial charge in [-0.25, -0.2) is 8.42 Å². The van der Waals surface area contributed by atoms with Crippen LogP contribution in [0.4, 0.5) is 14.5 Å². The molecule has 0 fully saturated rings. The number of rotatable bonds is 7. The Labute approximate surface area is 119 Å². The van der Waals surface area contributed by atoms with Gasteiger partial charge in [-0.2, -0.15) is 8.78 Å². The molecule has 2 atom stereocenters. The Morgan fingerprint density at radius 1 is 1.15 bits per heavy atom. The molecule has 0 saturated carbocycles. The van der Waals surface area contributed by atoms with Crippen LogP contribution < -0.4 is 5.32 Å². The minimum atomic E-state index is -4.51. The maximum absolute atomic E-state index is 12.4. The molecule has 114 valence electrons. The number of sulfone groups is 1. The van der Waals surface area contributed by atoms with E-state index in [-0.39, 0.29) is 10.9 Å². The van der Waals surface area contributed by atoms with Gasteiger partial charge in [0.1, 0.15) is 0 Å². The first-order valence-electron chi connectivity index (χ1n) is 6.66. The number of nitrogens with one attached hydrogen (secondary N) is 1. The number of benzene rings is 1. The second kappa shape index (κ2) is 7.02. The molecule has 0 amide bonds. The summed E-state index contributed by atoms with van der Waals surface area (Å²) in [4.78, 5) is -0.354. The summed E-state index contributed by atoms with van der Waals surface area (Å²) in [7, 11) is -4.51. The van der Waals surface area contributed by atoms with Gasteiger partial charge in [-0.05, 0) is 43.5 Å². The minimum Gasteiger partial charge on any atom is -0.383 e. The highest BCUT2D eigenvalue weighted by Gasteiger charge is 2.26. The first kappa shape index (κ1) is 16.9. The van der Waals surface area contributed by atoms with Gasteiger partial charge in [-0.15, -0.1) is 0 Å². The van der Waals surface area contributed by atoms with Crippen molar-refractivity contribution < 1.29 is 17.2 Å². The molecule has 1 aromatic rings. The molecule has 0 heterocycles. The number of halogens is 2. The van der Waals surface area contributed by atoms with Crippen LogP contribution in [-0.4, -0.2) is 20.2 Å². The molecule has 0 aliphatic heterocycles. The lowest BCUT2D eigenvalue weighted by atomic mass is 10.0. The fourth-order valence-corrected chi connectivity index (χ4v) is 2.68. The standard InChI is InChI=1S/C14H21F2NO2S/c1-4-10(2)9-11(3)17-12-5-7-13(8-6-12)20(18,19)14(15)16/h5-8,10-11,14,17H,4,9H2,1-3H3. The van der Waals surface area contributed by atoms with Gasteiger partial charge < -0.3 is 5.32 Å². The van der Waals surface area contributed by atoms with Crippen LogP contribution >= 0.6 is 0 Å².